The fourth-order valence-electron chi connectivity index (χ4n) is 5.48. The van der Waals surface area contributed by atoms with Crippen LogP contribution in [-0.4, -0.2) is 120 Å². The van der Waals surface area contributed by atoms with Gasteiger partial charge in [-0.1, -0.05) is 0 Å². The van der Waals surface area contributed by atoms with E-state index in [-0.39, 0.29) is 55.0 Å². The number of hydrogen-bond acceptors (Lipinski definition) is 15. The Hall–Kier alpha value is -3.97. The maximum absolute atomic E-state index is 13.7. The van der Waals surface area contributed by atoms with E-state index in [1.165, 1.54) is 7.11 Å². The molecule has 2 atom stereocenters. The average molecular weight is 774 g/mol. The summed E-state index contributed by atoms with van der Waals surface area (Å²) >= 11 is 1.56. The number of aromatic nitrogens is 2. The molecule has 5 rings (SSSR count). The van der Waals surface area contributed by atoms with Gasteiger partial charge >= 0.3 is 5.97 Å². The van der Waals surface area contributed by atoms with E-state index in [2.05, 4.69) is 25.9 Å². The van der Waals surface area contributed by atoms with Crippen LogP contribution in [0.25, 0.3) is 21.1 Å². The van der Waals surface area contributed by atoms with Gasteiger partial charge in [-0.15, -0.1) is 11.3 Å². The molecular weight excluding hydrogens is 727 g/mol. The van der Waals surface area contributed by atoms with Crippen molar-refractivity contribution in [3.05, 3.63) is 48.1 Å². The Morgan fingerprint density at radius 3 is 2.30 bits per heavy atom. The number of nitrogens with one attached hydrogen (secondary N) is 3. The zero-order valence-corrected chi connectivity index (χ0v) is 32.0. The summed E-state index contributed by atoms with van der Waals surface area (Å²) in [7, 11) is -2.46. The molecule has 1 aliphatic heterocycles. The molecule has 1 saturated heterocycles. The van der Waals surface area contributed by atoms with Gasteiger partial charge in [0.15, 0.2) is 9.84 Å². The fourth-order valence-corrected chi connectivity index (χ4v) is 7.45. The van der Waals surface area contributed by atoms with Crippen molar-refractivity contribution in [2.75, 3.05) is 78.4 Å². The number of anilines is 2. The molecule has 53 heavy (non-hydrogen) atoms. The standard InChI is InChI=1S/C36H47N5O10S2/c1-36(2,3)53(44,45)33-19-26-27(40-24-5-6-32-29(17-24)39-23-52-32)7-8-37-28(26)20-31(33)51-16-15-49-12-11-47-9-10-48-13-14-50-22-34(42)41-25-18-30(38-21-25)35(43)46-4/h5-8,17,19-20,23,25,30,38H,9-16,18,21-22H2,1-4H3,(H,37,40)(H,41,42)/t25-,30-/m0/s1. The second-order valence-electron chi connectivity index (χ2n) is 13.2. The first-order chi connectivity index (χ1) is 25.5. The third-order valence-corrected chi connectivity index (χ3v) is 11.6. The van der Waals surface area contributed by atoms with Gasteiger partial charge in [0, 0.05) is 41.6 Å². The highest BCUT2D eigenvalue weighted by molar-refractivity contribution is 7.92. The predicted octanol–water partition coefficient (Wildman–Crippen LogP) is 3.63. The number of pyridine rings is 1. The van der Waals surface area contributed by atoms with Gasteiger partial charge in [-0.25, -0.2) is 13.4 Å². The summed E-state index contributed by atoms with van der Waals surface area (Å²) in [6.45, 7) is 7.61. The van der Waals surface area contributed by atoms with E-state index in [1.807, 2.05) is 24.3 Å². The number of hydrogen-bond donors (Lipinski definition) is 3. The lowest BCUT2D eigenvalue weighted by atomic mass is 10.1. The molecule has 2 aromatic heterocycles. The number of carbonyl (C=O) groups is 2. The van der Waals surface area contributed by atoms with E-state index in [0.717, 1.165) is 15.9 Å². The maximum atomic E-state index is 13.7. The molecule has 1 fully saturated rings. The van der Waals surface area contributed by atoms with Crippen LogP contribution in [0.1, 0.15) is 27.2 Å². The summed E-state index contributed by atoms with van der Waals surface area (Å²) in [5, 5.41) is 9.88. The van der Waals surface area contributed by atoms with Crippen molar-refractivity contribution in [3.63, 3.8) is 0 Å². The summed E-state index contributed by atoms with van der Waals surface area (Å²) < 4.78 is 60.2. The Morgan fingerprint density at radius 2 is 1.60 bits per heavy atom. The number of thiazole rings is 1. The molecule has 0 radical (unpaired) electrons. The van der Waals surface area contributed by atoms with E-state index in [9.17, 15) is 18.0 Å². The fraction of sp³-hybridized carbons (Fsp3) is 0.500. The lowest BCUT2D eigenvalue weighted by molar-refractivity contribution is -0.142. The minimum absolute atomic E-state index is 0.0808. The third-order valence-electron chi connectivity index (χ3n) is 8.33. The van der Waals surface area contributed by atoms with Crippen molar-refractivity contribution in [3.8, 4) is 5.75 Å². The number of ether oxygens (including phenoxy) is 6. The van der Waals surface area contributed by atoms with E-state index in [1.54, 1.807) is 55.9 Å². The van der Waals surface area contributed by atoms with E-state index in [0.29, 0.717) is 62.6 Å². The largest absolute Gasteiger partial charge is 0.490 e. The van der Waals surface area contributed by atoms with Gasteiger partial charge in [0.2, 0.25) is 5.91 Å². The van der Waals surface area contributed by atoms with Crippen molar-refractivity contribution < 1.29 is 46.4 Å². The molecule has 0 aliphatic carbocycles. The number of methoxy groups -OCH3 is 1. The molecule has 0 spiro atoms. The zero-order chi connectivity index (χ0) is 37.8. The first kappa shape index (κ1) is 40.2. The number of amides is 1. The predicted molar refractivity (Wildman–Crippen MR) is 201 cm³/mol. The summed E-state index contributed by atoms with van der Waals surface area (Å²) in [6, 6.07) is 10.4. The Labute approximate surface area is 313 Å². The van der Waals surface area contributed by atoms with Gasteiger partial charge in [0.1, 0.15) is 29.9 Å². The van der Waals surface area contributed by atoms with Gasteiger partial charge in [-0.05, 0) is 57.5 Å². The number of benzene rings is 2. The maximum Gasteiger partial charge on any atom is 0.322 e. The van der Waals surface area contributed by atoms with Gasteiger partial charge in [0.05, 0.1) is 79.3 Å². The van der Waals surface area contributed by atoms with E-state index in [4.69, 9.17) is 28.4 Å². The van der Waals surface area contributed by atoms with Gasteiger partial charge in [-0.2, -0.15) is 0 Å². The summed E-state index contributed by atoms with van der Waals surface area (Å²) in [5.74, 6) is -0.392. The molecule has 0 unspecified atom stereocenters. The van der Waals surface area contributed by atoms with Crippen LogP contribution in [0, 0.1) is 0 Å². The highest BCUT2D eigenvalue weighted by Gasteiger charge is 2.34. The highest BCUT2D eigenvalue weighted by atomic mass is 32.2. The molecule has 1 aliphatic rings. The molecule has 288 valence electrons. The van der Waals surface area contributed by atoms with Crippen LogP contribution in [0.4, 0.5) is 11.4 Å². The summed E-state index contributed by atoms with van der Waals surface area (Å²) in [4.78, 5) is 32.6. The normalized spacial score (nSPS) is 16.2. The van der Waals surface area contributed by atoms with E-state index >= 15 is 0 Å². The van der Waals surface area contributed by atoms with Gasteiger partial charge in [0.25, 0.3) is 0 Å². The minimum Gasteiger partial charge on any atom is -0.490 e. The monoisotopic (exact) mass is 773 g/mol. The van der Waals surface area contributed by atoms with Crippen LogP contribution in [0.5, 0.6) is 5.75 Å². The van der Waals surface area contributed by atoms with Gasteiger partial charge < -0.3 is 44.4 Å². The van der Waals surface area contributed by atoms with Crippen molar-refractivity contribution >= 4 is 65.5 Å². The molecule has 4 aromatic rings. The van der Waals surface area contributed by atoms with Gasteiger partial charge in [-0.3, -0.25) is 14.6 Å². The molecule has 2 aromatic carbocycles. The molecule has 0 bridgehead atoms. The number of fused-ring (bicyclic) bond motifs is 2. The van der Waals surface area contributed by atoms with Crippen molar-refractivity contribution in [1.29, 1.82) is 0 Å². The summed E-state index contributed by atoms with van der Waals surface area (Å²) in [6.07, 6.45) is 2.14. The Bertz CT molecular complexity index is 1950. The first-order valence-corrected chi connectivity index (χ1v) is 19.6. The number of carbonyl (C=O) groups excluding carboxylic acids is 2. The Balaban J connectivity index is 1.00. The topological polar surface area (TPSA) is 186 Å². The molecule has 3 heterocycles. The molecule has 1 amide bonds. The molecule has 15 nitrogen and oxygen atoms in total. The number of nitrogens with zero attached hydrogens (tertiary/aromatic N) is 2. The number of esters is 1. The minimum atomic E-state index is -3.79. The van der Waals surface area contributed by atoms with Crippen molar-refractivity contribution in [2.24, 2.45) is 0 Å². The van der Waals surface area contributed by atoms with Crippen LogP contribution in [-0.2, 0) is 43.1 Å². The van der Waals surface area contributed by atoms with Crippen LogP contribution < -0.4 is 20.7 Å². The van der Waals surface area contributed by atoms with Crippen molar-refractivity contribution in [1.82, 2.24) is 20.6 Å². The Kier molecular flexibility index (Phi) is 14.3. The Morgan fingerprint density at radius 1 is 0.906 bits per heavy atom. The molecule has 0 saturated carbocycles. The smallest absolute Gasteiger partial charge is 0.322 e. The molecule has 3 N–H and O–H groups in total. The van der Waals surface area contributed by atoms with Crippen LogP contribution in [0.15, 0.2) is 53.0 Å². The van der Waals surface area contributed by atoms with Crippen molar-refractivity contribution in [2.45, 2.75) is 48.9 Å². The summed E-state index contributed by atoms with van der Waals surface area (Å²) in [5.41, 5.74) is 4.79. The van der Waals surface area contributed by atoms with Crippen LogP contribution >= 0.6 is 11.3 Å². The second kappa shape index (κ2) is 18.9. The quantitative estimate of drug-likeness (QED) is 0.0874. The number of rotatable bonds is 20. The third kappa shape index (κ3) is 11.0. The first-order valence-electron chi connectivity index (χ1n) is 17.3. The SMILES string of the molecule is COC(=O)[C@@H]1C[C@H](NC(=O)COCCOCCOCCOCCOc2cc3nccc(Nc4ccc5scnc5c4)c3cc2S(=O)(=O)C(C)(C)C)CN1. The highest BCUT2D eigenvalue weighted by Crippen LogP contribution is 2.38. The lowest BCUT2D eigenvalue weighted by Crippen LogP contribution is -2.38. The van der Waals surface area contributed by atoms with Crippen LogP contribution in [0.2, 0.25) is 0 Å². The second-order valence-corrected chi connectivity index (χ2v) is 16.7. The molecular formula is C36H47N5O10S2. The zero-order valence-electron chi connectivity index (χ0n) is 30.3. The van der Waals surface area contributed by atoms with Crippen LogP contribution in [0.3, 0.4) is 0 Å². The average Bonchev–Trinajstić information content (AvgIpc) is 3.80. The molecule has 17 heteroatoms. The van der Waals surface area contributed by atoms with E-state index < -0.39 is 20.6 Å². The lowest BCUT2D eigenvalue weighted by Gasteiger charge is -2.22. The number of sulfone groups is 1.